The minimum atomic E-state index is -3.75. The number of nitrogens with one attached hydrogen (secondary N) is 3. The maximum Gasteiger partial charge on any atom is 0.261 e. The Kier molecular flexibility index (Phi) is 7.56. The standard InChI is InChI=1S/C23H32N4O3S/c1-4-18-5-8-20(9-6-18)31(29,30)26-19-7-10-22(27-13-11-24-12-14-27)21(15-19)23(28)25-16-17(2)3/h5-10,15,17,24,26H,4,11-14,16H2,1-3H3,(H,25,28). The Bertz CT molecular complexity index is 998. The minimum absolute atomic E-state index is 0.196. The van der Waals surface area contributed by atoms with Gasteiger partial charge in [0.05, 0.1) is 10.5 Å². The first kappa shape index (κ1) is 23.1. The van der Waals surface area contributed by atoms with Crippen molar-refractivity contribution in [2.24, 2.45) is 5.92 Å². The maximum absolute atomic E-state index is 12.9. The fraction of sp³-hybridized carbons (Fsp3) is 0.435. The highest BCUT2D eigenvalue weighted by Gasteiger charge is 2.21. The summed E-state index contributed by atoms with van der Waals surface area (Å²) >= 11 is 0. The van der Waals surface area contributed by atoms with Crippen LogP contribution in [0.5, 0.6) is 0 Å². The second kappa shape index (κ2) is 10.2. The van der Waals surface area contributed by atoms with Gasteiger partial charge in [0.25, 0.3) is 15.9 Å². The molecule has 1 heterocycles. The predicted octanol–water partition coefficient (Wildman–Crippen LogP) is 2.85. The fourth-order valence-electron chi connectivity index (χ4n) is 3.47. The molecule has 0 radical (unpaired) electrons. The first-order valence-electron chi connectivity index (χ1n) is 10.8. The molecule has 0 saturated carbocycles. The third-order valence-corrected chi connectivity index (χ3v) is 6.66. The Morgan fingerprint density at radius 1 is 1.10 bits per heavy atom. The lowest BCUT2D eigenvalue weighted by atomic mass is 10.1. The Morgan fingerprint density at radius 3 is 2.39 bits per heavy atom. The molecule has 0 bridgehead atoms. The molecular formula is C23H32N4O3S. The lowest BCUT2D eigenvalue weighted by molar-refractivity contribution is 0.0949. The number of sulfonamides is 1. The lowest BCUT2D eigenvalue weighted by Crippen LogP contribution is -2.44. The van der Waals surface area contributed by atoms with E-state index in [0.717, 1.165) is 43.9 Å². The number of carbonyl (C=O) groups is 1. The number of amides is 1. The molecular weight excluding hydrogens is 412 g/mol. The molecule has 1 aliphatic heterocycles. The van der Waals surface area contributed by atoms with Crippen molar-refractivity contribution in [1.82, 2.24) is 10.6 Å². The fourth-order valence-corrected chi connectivity index (χ4v) is 4.52. The number of anilines is 2. The van der Waals surface area contributed by atoms with Gasteiger partial charge in [-0.2, -0.15) is 0 Å². The van der Waals surface area contributed by atoms with Crippen LogP contribution in [0.1, 0.15) is 36.7 Å². The molecule has 0 unspecified atom stereocenters. The van der Waals surface area contributed by atoms with Crippen LogP contribution in [0.3, 0.4) is 0 Å². The summed E-state index contributed by atoms with van der Waals surface area (Å²) < 4.78 is 28.3. The Balaban J connectivity index is 1.89. The van der Waals surface area contributed by atoms with Crippen LogP contribution in [0.2, 0.25) is 0 Å². The molecule has 1 aliphatic rings. The quantitative estimate of drug-likeness (QED) is 0.583. The van der Waals surface area contributed by atoms with Crippen molar-refractivity contribution in [2.75, 3.05) is 42.3 Å². The third-order valence-electron chi connectivity index (χ3n) is 5.26. The number of benzene rings is 2. The van der Waals surface area contributed by atoms with E-state index in [9.17, 15) is 13.2 Å². The molecule has 31 heavy (non-hydrogen) atoms. The van der Waals surface area contributed by atoms with E-state index in [1.54, 1.807) is 24.3 Å². The summed E-state index contributed by atoms with van der Waals surface area (Å²) in [5.74, 6) is 0.120. The summed E-state index contributed by atoms with van der Waals surface area (Å²) in [5, 5.41) is 6.26. The van der Waals surface area contributed by atoms with Gasteiger partial charge in [0.2, 0.25) is 0 Å². The van der Waals surface area contributed by atoms with Crippen LogP contribution in [0.15, 0.2) is 47.4 Å². The highest BCUT2D eigenvalue weighted by molar-refractivity contribution is 7.92. The van der Waals surface area contributed by atoms with E-state index in [0.29, 0.717) is 23.7 Å². The molecule has 168 valence electrons. The number of nitrogens with zero attached hydrogens (tertiary/aromatic N) is 1. The van der Waals surface area contributed by atoms with Crippen molar-refractivity contribution >= 4 is 27.3 Å². The summed E-state index contributed by atoms with van der Waals surface area (Å²) in [6.07, 6.45) is 0.843. The Morgan fingerprint density at radius 2 is 1.77 bits per heavy atom. The zero-order chi connectivity index (χ0) is 22.4. The van der Waals surface area contributed by atoms with Crippen molar-refractivity contribution in [2.45, 2.75) is 32.1 Å². The predicted molar refractivity (Wildman–Crippen MR) is 125 cm³/mol. The van der Waals surface area contributed by atoms with Crippen LogP contribution < -0.4 is 20.3 Å². The Labute approximate surface area is 185 Å². The highest BCUT2D eigenvalue weighted by Crippen LogP contribution is 2.27. The van der Waals surface area contributed by atoms with Gasteiger partial charge in [-0.25, -0.2) is 8.42 Å². The zero-order valence-electron chi connectivity index (χ0n) is 18.4. The molecule has 0 aromatic heterocycles. The summed E-state index contributed by atoms with van der Waals surface area (Å²) in [6, 6.07) is 12.0. The topological polar surface area (TPSA) is 90.5 Å². The first-order valence-corrected chi connectivity index (χ1v) is 12.3. The van der Waals surface area contributed by atoms with Crippen LogP contribution in [-0.4, -0.2) is 47.0 Å². The molecule has 3 N–H and O–H groups in total. The second-order valence-electron chi connectivity index (χ2n) is 8.18. The minimum Gasteiger partial charge on any atom is -0.368 e. The van der Waals surface area contributed by atoms with E-state index in [1.807, 2.05) is 39.0 Å². The monoisotopic (exact) mass is 444 g/mol. The second-order valence-corrected chi connectivity index (χ2v) is 9.86. The molecule has 0 spiro atoms. The molecule has 0 aliphatic carbocycles. The number of carbonyl (C=O) groups excluding carboxylic acids is 1. The molecule has 1 saturated heterocycles. The molecule has 8 heteroatoms. The van der Waals surface area contributed by atoms with Gasteiger partial charge < -0.3 is 15.5 Å². The van der Waals surface area contributed by atoms with E-state index in [4.69, 9.17) is 0 Å². The maximum atomic E-state index is 12.9. The summed E-state index contributed by atoms with van der Waals surface area (Å²) in [4.78, 5) is 15.3. The van der Waals surface area contributed by atoms with Gasteiger partial charge in [0.15, 0.2) is 0 Å². The van der Waals surface area contributed by atoms with Crippen LogP contribution in [0, 0.1) is 5.92 Å². The summed E-state index contributed by atoms with van der Waals surface area (Å²) in [5.41, 5.74) is 2.73. The molecule has 1 amide bonds. The van der Waals surface area contributed by atoms with E-state index >= 15 is 0 Å². The molecule has 1 fully saturated rings. The summed E-state index contributed by atoms with van der Waals surface area (Å²) in [6.45, 7) is 9.91. The lowest BCUT2D eigenvalue weighted by Gasteiger charge is -2.31. The zero-order valence-corrected chi connectivity index (χ0v) is 19.3. The SMILES string of the molecule is CCc1ccc(S(=O)(=O)Nc2ccc(N3CCNCC3)c(C(=O)NCC(C)C)c2)cc1. The van der Waals surface area contributed by atoms with Crippen molar-refractivity contribution in [3.8, 4) is 0 Å². The number of rotatable bonds is 8. The van der Waals surface area contributed by atoms with E-state index in [-0.39, 0.29) is 10.8 Å². The van der Waals surface area contributed by atoms with Gasteiger partial charge in [-0.15, -0.1) is 0 Å². The van der Waals surface area contributed by atoms with Crippen molar-refractivity contribution in [1.29, 1.82) is 0 Å². The van der Waals surface area contributed by atoms with Crippen molar-refractivity contribution in [3.05, 3.63) is 53.6 Å². The Hall–Kier alpha value is -2.58. The van der Waals surface area contributed by atoms with Gasteiger partial charge in [-0.3, -0.25) is 9.52 Å². The molecule has 2 aromatic rings. The number of aryl methyl sites for hydroxylation is 1. The van der Waals surface area contributed by atoms with Gasteiger partial charge in [-0.05, 0) is 48.2 Å². The van der Waals surface area contributed by atoms with Gasteiger partial charge >= 0.3 is 0 Å². The highest BCUT2D eigenvalue weighted by atomic mass is 32.2. The van der Waals surface area contributed by atoms with E-state index in [1.165, 1.54) is 0 Å². The van der Waals surface area contributed by atoms with E-state index < -0.39 is 10.0 Å². The van der Waals surface area contributed by atoms with Gasteiger partial charge in [-0.1, -0.05) is 32.9 Å². The van der Waals surface area contributed by atoms with Crippen LogP contribution in [0.25, 0.3) is 0 Å². The number of hydrogen-bond donors (Lipinski definition) is 3. The first-order chi connectivity index (χ1) is 14.8. The average Bonchev–Trinajstić information content (AvgIpc) is 2.77. The van der Waals surface area contributed by atoms with Crippen molar-refractivity contribution in [3.63, 3.8) is 0 Å². The normalized spacial score (nSPS) is 14.5. The summed E-state index contributed by atoms with van der Waals surface area (Å²) in [7, 11) is -3.75. The van der Waals surface area contributed by atoms with Gasteiger partial charge in [0, 0.05) is 44.1 Å². The largest absolute Gasteiger partial charge is 0.368 e. The molecule has 7 nitrogen and oxygen atoms in total. The molecule has 2 aromatic carbocycles. The molecule has 0 atom stereocenters. The number of hydrogen-bond acceptors (Lipinski definition) is 5. The number of piperazine rings is 1. The van der Waals surface area contributed by atoms with Gasteiger partial charge in [0.1, 0.15) is 0 Å². The van der Waals surface area contributed by atoms with E-state index in [2.05, 4.69) is 20.3 Å². The third kappa shape index (κ3) is 5.98. The van der Waals surface area contributed by atoms with Crippen LogP contribution in [-0.2, 0) is 16.4 Å². The van der Waals surface area contributed by atoms with Crippen LogP contribution >= 0.6 is 0 Å². The van der Waals surface area contributed by atoms with Crippen LogP contribution in [0.4, 0.5) is 11.4 Å². The molecule has 3 rings (SSSR count). The average molecular weight is 445 g/mol. The van der Waals surface area contributed by atoms with Crippen molar-refractivity contribution < 1.29 is 13.2 Å². The smallest absolute Gasteiger partial charge is 0.261 e.